The Labute approximate surface area is 162 Å². The molecular formula is C21H18N4OS. The van der Waals surface area contributed by atoms with E-state index in [-0.39, 0.29) is 5.91 Å². The molecular weight excluding hydrogens is 356 g/mol. The number of nitrogens with zero attached hydrogens (tertiary/aromatic N) is 2. The topological polar surface area (TPSA) is 81.6 Å². The minimum atomic E-state index is -0.324. The second kappa shape index (κ2) is 8.88. The summed E-state index contributed by atoms with van der Waals surface area (Å²) in [5.74, 6) is 0.683. The number of anilines is 1. The molecule has 0 saturated carbocycles. The first-order chi connectivity index (χ1) is 13.2. The summed E-state index contributed by atoms with van der Waals surface area (Å²) >= 11 is 1.45. The van der Waals surface area contributed by atoms with Crippen LogP contribution in [0.1, 0.15) is 22.3 Å². The molecule has 1 aromatic heterocycles. The summed E-state index contributed by atoms with van der Waals surface area (Å²) in [7, 11) is 0. The van der Waals surface area contributed by atoms with Gasteiger partial charge in [0.2, 0.25) is 5.91 Å². The summed E-state index contributed by atoms with van der Waals surface area (Å²) in [6.07, 6.45) is 3.16. The number of hydrogen-bond acceptors (Lipinski definition) is 4. The molecule has 1 heterocycles. The molecule has 5 nitrogen and oxygen atoms in total. The van der Waals surface area contributed by atoms with Crippen LogP contribution in [0.3, 0.4) is 0 Å². The summed E-state index contributed by atoms with van der Waals surface area (Å²) < 4.78 is 0. The van der Waals surface area contributed by atoms with E-state index in [0.717, 1.165) is 16.7 Å². The second-order valence-electron chi connectivity index (χ2n) is 5.90. The first-order valence-electron chi connectivity index (χ1n) is 8.36. The van der Waals surface area contributed by atoms with Gasteiger partial charge in [0.05, 0.1) is 0 Å². The van der Waals surface area contributed by atoms with Crippen molar-refractivity contribution in [2.75, 3.05) is 5.32 Å². The average molecular weight is 374 g/mol. The van der Waals surface area contributed by atoms with E-state index >= 15 is 0 Å². The number of aromatic amines is 1. The van der Waals surface area contributed by atoms with Crippen LogP contribution in [0, 0.1) is 18.3 Å². The summed E-state index contributed by atoms with van der Waals surface area (Å²) in [4.78, 5) is 12.1. The average Bonchev–Trinajstić information content (AvgIpc) is 3.08. The first-order valence-corrected chi connectivity index (χ1v) is 9.35. The maximum absolute atomic E-state index is 12.1. The lowest BCUT2D eigenvalue weighted by Gasteiger charge is -2.00. The standard InChI is InChI=1S/C21H18N4OS/c1-15-7-9-16(10-8-15)11-12-19(26)23-20-18(13-22)21(25-24-20)27-14-17-5-3-2-4-6-17/h2-12H,14H2,1H3,(H2,23,24,25,26). The van der Waals surface area contributed by atoms with Crippen molar-refractivity contribution in [2.24, 2.45) is 0 Å². The van der Waals surface area contributed by atoms with Crippen molar-refractivity contribution in [2.45, 2.75) is 17.7 Å². The summed E-state index contributed by atoms with van der Waals surface area (Å²) in [5.41, 5.74) is 3.57. The van der Waals surface area contributed by atoms with Crippen molar-refractivity contribution in [3.05, 3.63) is 82.9 Å². The maximum atomic E-state index is 12.1. The first kappa shape index (κ1) is 18.5. The Kier molecular flexibility index (Phi) is 6.08. The Morgan fingerprint density at radius 3 is 2.67 bits per heavy atom. The van der Waals surface area contributed by atoms with Gasteiger partial charge in [-0.2, -0.15) is 10.4 Å². The third-order valence-electron chi connectivity index (χ3n) is 3.82. The van der Waals surface area contributed by atoms with E-state index in [4.69, 9.17) is 0 Å². The minimum Gasteiger partial charge on any atom is -0.306 e. The van der Waals surface area contributed by atoms with Crippen LogP contribution >= 0.6 is 11.8 Å². The summed E-state index contributed by atoms with van der Waals surface area (Å²) in [6.45, 7) is 2.01. The van der Waals surface area contributed by atoms with Crippen molar-refractivity contribution in [3.63, 3.8) is 0 Å². The van der Waals surface area contributed by atoms with Gasteiger partial charge in [-0.15, -0.1) is 0 Å². The second-order valence-corrected chi connectivity index (χ2v) is 6.86. The number of hydrogen-bond donors (Lipinski definition) is 2. The molecule has 0 aliphatic carbocycles. The van der Waals surface area contributed by atoms with Gasteiger partial charge in [-0.1, -0.05) is 71.9 Å². The number of thioether (sulfide) groups is 1. The van der Waals surface area contributed by atoms with Crippen LogP contribution < -0.4 is 5.32 Å². The van der Waals surface area contributed by atoms with Gasteiger partial charge in [-0.05, 0) is 24.1 Å². The predicted molar refractivity (Wildman–Crippen MR) is 108 cm³/mol. The SMILES string of the molecule is Cc1ccc(C=CC(=O)Nc2[nH]nc(SCc3ccccc3)c2C#N)cc1. The van der Waals surface area contributed by atoms with Gasteiger partial charge in [-0.25, -0.2) is 0 Å². The molecule has 6 heteroatoms. The molecule has 0 atom stereocenters. The highest BCUT2D eigenvalue weighted by Crippen LogP contribution is 2.28. The van der Waals surface area contributed by atoms with Gasteiger partial charge in [0.1, 0.15) is 22.5 Å². The molecule has 2 N–H and O–H groups in total. The fourth-order valence-electron chi connectivity index (χ4n) is 2.36. The zero-order chi connectivity index (χ0) is 19.1. The van der Waals surface area contributed by atoms with Gasteiger partial charge in [0, 0.05) is 11.8 Å². The van der Waals surface area contributed by atoms with Gasteiger partial charge in [0.15, 0.2) is 0 Å². The number of nitriles is 1. The molecule has 0 unspecified atom stereocenters. The van der Waals surface area contributed by atoms with Crippen molar-refractivity contribution in [1.82, 2.24) is 10.2 Å². The fourth-order valence-corrected chi connectivity index (χ4v) is 3.26. The van der Waals surface area contributed by atoms with Gasteiger partial charge >= 0.3 is 0 Å². The predicted octanol–water partition coefficient (Wildman–Crippen LogP) is 4.53. The lowest BCUT2D eigenvalue weighted by Crippen LogP contribution is -2.09. The summed E-state index contributed by atoms with van der Waals surface area (Å²) in [6, 6.07) is 19.9. The quantitative estimate of drug-likeness (QED) is 0.490. The number of aromatic nitrogens is 2. The smallest absolute Gasteiger partial charge is 0.249 e. The molecule has 134 valence electrons. The lowest BCUT2D eigenvalue weighted by molar-refractivity contribution is -0.111. The zero-order valence-corrected chi connectivity index (χ0v) is 15.6. The number of benzene rings is 2. The van der Waals surface area contributed by atoms with E-state index in [1.165, 1.54) is 17.8 Å². The normalized spacial score (nSPS) is 10.7. The van der Waals surface area contributed by atoms with E-state index in [1.807, 2.05) is 61.5 Å². The molecule has 0 spiro atoms. The third kappa shape index (κ3) is 5.09. The van der Waals surface area contributed by atoms with Crippen LogP contribution in [0.2, 0.25) is 0 Å². The number of carbonyl (C=O) groups is 1. The van der Waals surface area contributed by atoms with Crippen molar-refractivity contribution < 1.29 is 4.79 Å². The molecule has 0 aliphatic heterocycles. The molecule has 0 bridgehead atoms. The molecule has 3 rings (SSSR count). The van der Waals surface area contributed by atoms with Crippen LogP contribution in [-0.4, -0.2) is 16.1 Å². The highest BCUT2D eigenvalue weighted by atomic mass is 32.2. The number of amides is 1. The van der Waals surface area contributed by atoms with E-state index in [0.29, 0.717) is 22.2 Å². The van der Waals surface area contributed by atoms with E-state index in [2.05, 4.69) is 21.6 Å². The van der Waals surface area contributed by atoms with Gasteiger partial charge in [-0.3, -0.25) is 9.89 Å². The molecule has 1 amide bonds. The van der Waals surface area contributed by atoms with Crippen LogP contribution in [0.15, 0.2) is 65.7 Å². The molecule has 0 aliphatic rings. The minimum absolute atomic E-state index is 0.312. The Balaban J connectivity index is 1.64. The molecule has 3 aromatic rings. The van der Waals surface area contributed by atoms with Crippen molar-refractivity contribution in [3.8, 4) is 6.07 Å². The van der Waals surface area contributed by atoms with Gasteiger partial charge in [0.25, 0.3) is 0 Å². The highest BCUT2D eigenvalue weighted by Gasteiger charge is 2.15. The van der Waals surface area contributed by atoms with Crippen LogP contribution in [-0.2, 0) is 10.5 Å². The number of aryl methyl sites for hydroxylation is 1. The Morgan fingerprint density at radius 1 is 1.22 bits per heavy atom. The van der Waals surface area contributed by atoms with E-state index < -0.39 is 0 Å². The maximum Gasteiger partial charge on any atom is 0.249 e. The third-order valence-corrected chi connectivity index (χ3v) is 4.86. The highest BCUT2D eigenvalue weighted by molar-refractivity contribution is 7.98. The fraction of sp³-hybridized carbons (Fsp3) is 0.0952. The van der Waals surface area contributed by atoms with Crippen LogP contribution in [0.4, 0.5) is 5.82 Å². The lowest BCUT2D eigenvalue weighted by atomic mass is 10.1. The van der Waals surface area contributed by atoms with Crippen molar-refractivity contribution in [1.29, 1.82) is 5.26 Å². The molecule has 0 fully saturated rings. The molecule has 2 aromatic carbocycles. The Bertz CT molecular complexity index is 985. The Hall–Kier alpha value is -3.30. The number of rotatable bonds is 6. The molecule has 0 radical (unpaired) electrons. The summed E-state index contributed by atoms with van der Waals surface area (Å²) in [5, 5.41) is 19.6. The molecule has 27 heavy (non-hydrogen) atoms. The number of H-pyrrole nitrogens is 1. The Morgan fingerprint density at radius 2 is 1.96 bits per heavy atom. The van der Waals surface area contributed by atoms with Gasteiger partial charge < -0.3 is 5.32 Å². The number of nitrogens with one attached hydrogen (secondary N) is 2. The van der Waals surface area contributed by atoms with Crippen molar-refractivity contribution >= 4 is 29.6 Å². The molecule has 0 saturated heterocycles. The van der Waals surface area contributed by atoms with E-state index in [1.54, 1.807) is 6.08 Å². The monoisotopic (exact) mass is 374 g/mol. The zero-order valence-electron chi connectivity index (χ0n) is 14.8. The van der Waals surface area contributed by atoms with Crippen LogP contribution in [0.25, 0.3) is 6.08 Å². The number of carbonyl (C=O) groups excluding carboxylic acids is 1. The largest absolute Gasteiger partial charge is 0.306 e. The van der Waals surface area contributed by atoms with Crippen LogP contribution in [0.5, 0.6) is 0 Å². The van der Waals surface area contributed by atoms with E-state index in [9.17, 15) is 10.1 Å².